The predicted octanol–water partition coefficient (Wildman–Crippen LogP) is 1.48. The molecule has 4 rings (SSSR count). The second-order valence-corrected chi connectivity index (χ2v) is 7.08. The van der Waals surface area contributed by atoms with Crippen molar-refractivity contribution in [1.82, 2.24) is 29.7 Å². The number of hydrogen-bond donors (Lipinski definition) is 3. The van der Waals surface area contributed by atoms with Gasteiger partial charge in [0, 0.05) is 39.1 Å². The average Bonchev–Trinajstić information content (AvgIpc) is 3.37. The third-order valence-corrected chi connectivity index (χ3v) is 4.78. The van der Waals surface area contributed by atoms with Crippen LogP contribution in [0.3, 0.4) is 0 Å². The Bertz CT molecular complexity index is 1160. The number of carbonyl (C=O) groups excluding carboxylic acids is 1. The first-order valence-corrected chi connectivity index (χ1v) is 9.66. The summed E-state index contributed by atoms with van der Waals surface area (Å²) in [7, 11) is 1.30. The molecule has 0 saturated carbocycles. The molecule has 0 bridgehead atoms. The van der Waals surface area contributed by atoms with Crippen LogP contribution < -0.4 is 15.5 Å². The van der Waals surface area contributed by atoms with Crippen LogP contribution in [0, 0.1) is 0 Å². The van der Waals surface area contributed by atoms with Crippen LogP contribution >= 0.6 is 0 Å². The molecule has 1 aliphatic rings. The Hall–Kier alpha value is -3.82. The van der Waals surface area contributed by atoms with E-state index in [1.807, 2.05) is 0 Å². The average molecular weight is 490 g/mol. The molecule has 34 heavy (non-hydrogen) atoms. The zero-order valence-corrected chi connectivity index (χ0v) is 17.5. The predicted molar refractivity (Wildman–Crippen MR) is 108 cm³/mol. The number of carbonyl (C=O) groups is 2. The first-order valence-electron chi connectivity index (χ1n) is 9.66. The van der Waals surface area contributed by atoms with E-state index in [0.717, 1.165) is 10.9 Å². The summed E-state index contributed by atoms with van der Waals surface area (Å²) in [6, 6.07) is 0.545. The Labute approximate surface area is 188 Å². The van der Waals surface area contributed by atoms with Crippen molar-refractivity contribution in [3.05, 3.63) is 35.9 Å². The molecule has 1 atom stereocenters. The summed E-state index contributed by atoms with van der Waals surface area (Å²) in [6.45, 7) is 0.517. The van der Waals surface area contributed by atoms with Crippen LogP contribution in [-0.4, -0.2) is 74.0 Å². The van der Waals surface area contributed by atoms with E-state index in [1.54, 1.807) is 11.0 Å². The number of nitrogens with one attached hydrogen (secondary N) is 2. The Morgan fingerprint density at radius 3 is 2.74 bits per heavy atom. The summed E-state index contributed by atoms with van der Waals surface area (Å²) in [6.07, 6.45) is -3.59. The van der Waals surface area contributed by atoms with Crippen LogP contribution in [0.4, 0.5) is 33.5 Å². The van der Waals surface area contributed by atoms with Gasteiger partial charge in [-0.25, -0.2) is 18.3 Å². The lowest BCUT2D eigenvalue weighted by Crippen LogP contribution is -2.54. The van der Waals surface area contributed by atoms with Crippen LogP contribution in [0.15, 0.2) is 24.7 Å². The second-order valence-electron chi connectivity index (χ2n) is 7.08. The fraction of sp³-hybridized carbons (Fsp3) is 0.389. The SMILES string of the molecule is Cn1cc(NC(=O)c2cnn3ccc(N4CCNC(C(F)F)C4)nc23)c(C(F)(F)F)n1.O=CO. The van der Waals surface area contributed by atoms with E-state index in [4.69, 9.17) is 9.90 Å². The zero-order valence-electron chi connectivity index (χ0n) is 17.5. The number of aryl methyl sites for hydroxylation is 1. The molecule has 3 N–H and O–H groups in total. The molecule has 3 aromatic rings. The van der Waals surface area contributed by atoms with Crippen LogP contribution in [0.2, 0.25) is 0 Å². The molecule has 11 nitrogen and oxygen atoms in total. The highest BCUT2D eigenvalue weighted by Gasteiger charge is 2.38. The number of rotatable bonds is 4. The van der Waals surface area contributed by atoms with E-state index in [-0.39, 0.29) is 24.2 Å². The number of anilines is 2. The van der Waals surface area contributed by atoms with Gasteiger partial charge in [-0.3, -0.25) is 14.3 Å². The number of piperazine rings is 1. The summed E-state index contributed by atoms with van der Waals surface area (Å²) in [5.41, 5.74) is -1.72. The molecule has 1 fully saturated rings. The minimum absolute atomic E-state index is 0.0150. The van der Waals surface area contributed by atoms with Crippen molar-refractivity contribution >= 4 is 29.5 Å². The summed E-state index contributed by atoms with van der Waals surface area (Å²) in [4.78, 5) is 27.0. The van der Waals surface area contributed by atoms with Crippen molar-refractivity contribution in [2.24, 2.45) is 7.05 Å². The van der Waals surface area contributed by atoms with Crippen LogP contribution in [-0.2, 0) is 18.0 Å². The normalized spacial score (nSPS) is 16.3. The molecule has 3 aromatic heterocycles. The number of alkyl halides is 5. The lowest BCUT2D eigenvalue weighted by atomic mass is 10.2. The van der Waals surface area contributed by atoms with Crippen LogP contribution in [0.1, 0.15) is 16.1 Å². The summed E-state index contributed by atoms with van der Waals surface area (Å²) in [5.74, 6) is -0.504. The molecule has 0 aromatic carbocycles. The minimum atomic E-state index is -4.75. The van der Waals surface area contributed by atoms with Gasteiger partial charge in [-0.05, 0) is 6.07 Å². The van der Waals surface area contributed by atoms with Crippen molar-refractivity contribution in [3.63, 3.8) is 0 Å². The molecular formula is C18H19F5N8O3. The number of hydrogen-bond acceptors (Lipinski definition) is 7. The highest BCUT2D eigenvalue weighted by atomic mass is 19.4. The van der Waals surface area contributed by atoms with Gasteiger partial charge in [0.25, 0.3) is 18.8 Å². The Kier molecular flexibility index (Phi) is 7.29. The van der Waals surface area contributed by atoms with E-state index < -0.39 is 35.9 Å². The van der Waals surface area contributed by atoms with Gasteiger partial charge in [0.05, 0.1) is 17.9 Å². The zero-order chi connectivity index (χ0) is 25.0. The van der Waals surface area contributed by atoms with Gasteiger partial charge in [0.1, 0.15) is 11.4 Å². The molecule has 0 spiro atoms. The van der Waals surface area contributed by atoms with Crippen LogP contribution in [0.25, 0.3) is 5.65 Å². The number of halogens is 5. The Morgan fingerprint density at radius 1 is 1.38 bits per heavy atom. The van der Waals surface area contributed by atoms with Crippen molar-refractivity contribution in [2.45, 2.75) is 18.6 Å². The highest BCUT2D eigenvalue weighted by molar-refractivity contribution is 6.08. The number of aromatic nitrogens is 5. The summed E-state index contributed by atoms with van der Waals surface area (Å²) >= 11 is 0. The molecule has 1 saturated heterocycles. The molecule has 0 aliphatic carbocycles. The number of carboxylic acid groups (broad SMARTS) is 1. The first-order chi connectivity index (χ1) is 16.0. The van der Waals surface area contributed by atoms with Gasteiger partial charge < -0.3 is 20.6 Å². The van der Waals surface area contributed by atoms with Gasteiger partial charge in [-0.15, -0.1) is 0 Å². The van der Waals surface area contributed by atoms with E-state index in [1.165, 1.54) is 24.0 Å². The fourth-order valence-electron chi connectivity index (χ4n) is 3.33. The van der Waals surface area contributed by atoms with Gasteiger partial charge >= 0.3 is 6.18 Å². The van der Waals surface area contributed by atoms with Gasteiger partial charge in [0.2, 0.25) is 0 Å². The topological polar surface area (TPSA) is 130 Å². The molecule has 1 unspecified atom stereocenters. The molecule has 4 heterocycles. The quantitative estimate of drug-likeness (QED) is 0.371. The monoisotopic (exact) mass is 490 g/mol. The summed E-state index contributed by atoms with van der Waals surface area (Å²) in [5, 5.41) is 19.1. The Balaban J connectivity index is 0.00000103. The van der Waals surface area contributed by atoms with Gasteiger partial charge in [0.15, 0.2) is 11.3 Å². The Morgan fingerprint density at radius 2 is 2.09 bits per heavy atom. The smallest absolute Gasteiger partial charge is 0.437 e. The maximum Gasteiger partial charge on any atom is 0.437 e. The maximum atomic E-state index is 13.1. The van der Waals surface area contributed by atoms with Crippen molar-refractivity contribution in [1.29, 1.82) is 0 Å². The standard InChI is InChI=1S/C17H17F5N8O.CH2O2/c1-28-7-10(13(27-28)17(20,21)22)25-16(31)9-6-24-30-4-2-12(26-15(9)30)29-5-3-23-11(8-29)14(18)19;2-1-3/h2,4,6-7,11,14,23H,3,5,8H2,1H3,(H,25,31);1H,(H,2,3). The molecule has 1 amide bonds. The highest BCUT2D eigenvalue weighted by Crippen LogP contribution is 2.33. The number of nitrogens with zero attached hydrogens (tertiary/aromatic N) is 6. The van der Waals surface area contributed by atoms with Crippen molar-refractivity contribution in [2.75, 3.05) is 29.9 Å². The van der Waals surface area contributed by atoms with E-state index in [0.29, 0.717) is 18.9 Å². The first kappa shape index (κ1) is 24.8. The second kappa shape index (κ2) is 9.98. The minimum Gasteiger partial charge on any atom is -0.483 e. The largest absolute Gasteiger partial charge is 0.483 e. The van der Waals surface area contributed by atoms with Gasteiger partial charge in [-0.2, -0.15) is 23.4 Å². The van der Waals surface area contributed by atoms with Crippen LogP contribution in [0.5, 0.6) is 0 Å². The lowest BCUT2D eigenvalue weighted by Gasteiger charge is -2.34. The number of amides is 1. The van der Waals surface area contributed by atoms with E-state index in [2.05, 4.69) is 25.8 Å². The van der Waals surface area contributed by atoms with Crippen molar-refractivity contribution < 1.29 is 36.6 Å². The third kappa shape index (κ3) is 5.38. The molecule has 16 heteroatoms. The fourth-order valence-corrected chi connectivity index (χ4v) is 3.33. The molecule has 1 aliphatic heterocycles. The van der Waals surface area contributed by atoms with E-state index >= 15 is 0 Å². The third-order valence-electron chi connectivity index (χ3n) is 4.78. The lowest BCUT2D eigenvalue weighted by molar-refractivity contribution is -0.140. The molecule has 184 valence electrons. The number of fused-ring (bicyclic) bond motifs is 1. The molecular weight excluding hydrogens is 471 g/mol. The van der Waals surface area contributed by atoms with E-state index in [9.17, 15) is 26.7 Å². The summed E-state index contributed by atoms with van der Waals surface area (Å²) < 4.78 is 67.7. The molecule has 0 radical (unpaired) electrons. The van der Waals surface area contributed by atoms with Crippen molar-refractivity contribution in [3.8, 4) is 0 Å². The van der Waals surface area contributed by atoms with Gasteiger partial charge in [-0.1, -0.05) is 0 Å². The maximum absolute atomic E-state index is 13.1.